The summed E-state index contributed by atoms with van der Waals surface area (Å²) in [5.74, 6) is 0.105. The van der Waals surface area contributed by atoms with E-state index in [0.29, 0.717) is 24.9 Å². The molecule has 2 fully saturated rings. The number of ether oxygens (including phenoxy) is 2. The zero-order chi connectivity index (χ0) is 17.1. The van der Waals surface area contributed by atoms with E-state index in [2.05, 4.69) is 5.32 Å². The molecule has 1 unspecified atom stereocenters. The highest BCUT2D eigenvalue weighted by Crippen LogP contribution is 2.41. The summed E-state index contributed by atoms with van der Waals surface area (Å²) >= 11 is 0. The van der Waals surface area contributed by atoms with Gasteiger partial charge in [-0.25, -0.2) is 4.79 Å². The van der Waals surface area contributed by atoms with Gasteiger partial charge in [-0.1, -0.05) is 12.8 Å². The van der Waals surface area contributed by atoms with Crippen molar-refractivity contribution in [3.63, 3.8) is 0 Å². The van der Waals surface area contributed by atoms with Gasteiger partial charge in [-0.15, -0.1) is 0 Å². The molecule has 0 saturated heterocycles. The van der Waals surface area contributed by atoms with Crippen LogP contribution >= 0.6 is 0 Å². The second kappa shape index (κ2) is 7.07. The molecule has 6 nitrogen and oxygen atoms in total. The normalized spacial score (nSPS) is 20.7. The van der Waals surface area contributed by atoms with Gasteiger partial charge >= 0.3 is 12.1 Å². The molecule has 0 aromatic rings. The second-order valence-electron chi connectivity index (χ2n) is 8.05. The highest BCUT2D eigenvalue weighted by atomic mass is 16.6. The summed E-state index contributed by atoms with van der Waals surface area (Å²) in [4.78, 5) is 23.8. The van der Waals surface area contributed by atoms with Gasteiger partial charge in [-0.05, 0) is 51.9 Å². The van der Waals surface area contributed by atoms with Crippen molar-refractivity contribution in [2.24, 2.45) is 17.3 Å². The number of carbonyl (C=O) groups is 2. The Morgan fingerprint density at radius 1 is 1.13 bits per heavy atom. The molecule has 1 amide bonds. The van der Waals surface area contributed by atoms with Crippen molar-refractivity contribution >= 4 is 12.1 Å². The summed E-state index contributed by atoms with van der Waals surface area (Å²) in [7, 11) is 0. The molecular weight excluding hydrogens is 298 g/mol. The molecule has 2 aliphatic carbocycles. The van der Waals surface area contributed by atoms with Gasteiger partial charge < -0.3 is 19.9 Å². The number of carboxylic acids is 1. The third-order valence-electron chi connectivity index (χ3n) is 4.23. The van der Waals surface area contributed by atoms with Crippen LogP contribution in [0.4, 0.5) is 4.79 Å². The molecule has 0 aromatic carbocycles. The van der Waals surface area contributed by atoms with Gasteiger partial charge in [-0.3, -0.25) is 4.79 Å². The number of amides is 1. The topological polar surface area (TPSA) is 84.9 Å². The zero-order valence-corrected chi connectivity index (χ0v) is 14.4. The number of carbonyl (C=O) groups excluding carboxylic acids is 1. The fraction of sp³-hybridized carbons (Fsp3) is 0.882. The summed E-state index contributed by atoms with van der Waals surface area (Å²) in [5.41, 5.74) is -1.66. The maximum absolute atomic E-state index is 11.9. The van der Waals surface area contributed by atoms with E-state index < -0.39 is 23.1 Å². The Hall–Kier alpha value is -1.30. The van der Waals surface area contributed by atoms with Crippen LogP contribution in [-0.4, -0.2) is 42.5 Å². The summed E-state index contributed by atoms with van der Waals surface area (Å²) < 4.78 is 10.9. The average Bonchev–Trinajstić information content (AvgIpc) is 3.28. The fourth-order valence-corrected chi connectivity index (χ4v) is 2.54. The quantitative estimate of drug-likeness (QED) is 0.680. The minimum Gasteiger partial charge on any atom is -0.481 e. The molecule has 0 aliphatic heterocycles. The van der Waals surface area contributed by atoms with Crippen molar-refractivity contribution in [2.45, 2.75) is 58.5 Å². The lowest BCUT2D eigenvalue weighted by Crippen LogP contribution is -2.47. The van der Waals surface area contributed by atoms with Gasteiger partial charge in [-0.2, -0.15) is 0 Å². The van der Waals surface area contributed by atoms with Gasteiger partial charge in [0.15, 0.2) is 0 Å². The van der Waals surface area contributed by atoms with Crippen LogP contribution in [-0.2, 0) is 14.3 Å². The summed E-state index contributed by atoms with van der Waals surface area (Å²) in [6.07, 6.45) is 4.41. The molecule has 2 N–H and O–H groups in total. The molecule has 0 radical (unpaired) electrons. The van der Waals surface area contributed by atoms with Crippen LogP contribution < -0.4 is 5.32 Å². The van der Waals surface area contributed by atoms with Gasteiger partial charge in [0, 0.05) is 13.2 Å². The second-order valence-corrected chi connectivity index (χ2v) is 8.05. The number of rotatable bonds is 9. The first kappa shape index (κ1) is 18.0. The Balaban J connectivity index is 1.92. The van der Waals surface area contributed by atoms with Crippen molar-refractivity contribution in [1.82, 2.24) is 5.32 Å². The van der Waals surface area contributed by atoms with E-state index in [9.17, 15) is 14.7 Å². The molecule has 0 spiro atoms. The predicted molar refractivity (Wildman–Crippen MR) is 85.2 cm³/mol. The summed E-state index contributed by atoms with van der Waals surface area (Å²) in [5, 5.41) is 12.4. The molecular formula is C17H29NO5. The first-order valence-corrected chi connectivity index (χ1v) is 8.48. The third kappa shape index (κ3) is 6.37. The summed E-state index contributed by atoms with van der Waals surface area (Å²) in [6, 6.07) is 0. The lowest BCUT2D eigenvalue weighted by Gasteiger charge is -2.30. The van der Waals surface area contributed by atoms with Crippen molar-refractivity contribution in [3.05, 3.63) is 0 Å². The summed E-state index contributed by atoms with van der Waals surface area (Å²) in [6.45, 7) is 6.13. The van der Waals surface area contributed by atoms with Crippen molar-refractivity contribution < 1.29 is 24.2 Å². The highest BCUT2D eigenvalue weighted by molar-refractivity contribution is 5.76. The molecule has 23 heavy (non-hydrogen) atoms. The fourth-order valence-electron chi connectivity index (χ4n) is 2.54. The van der Waals surface area contributed by atoms with Crippen molar-refractivity contribution in [3.8, 4) is 0 Å². The number of aliphatic carboxylic acids is 1. The maximum atomic E-state index is 11.9. The van der Waals surface area contributed by atoms with Crippen LogP contribution in [0.15, 0.2) is 0 Å². The molecule has 2 aliphatic rings. The molecule has 0 aromatic heterocycles. The minimum absolute atomic E-state index is 0.0401. The third-order valence-corrected chi connectivity index (χ3v) is 4.23. The minimum atomic E-state index is -1.06. The van der Waals surface area contributed by atoms with Gasteiger partial charge in [0.1, 0.15) is 11.0 Å². The van der Waals surface area contributed by atoms with Crippen LogP contribution in [0, 0.1) is 17.3 Å². The van der Waals surface area contributed by atoms with E-state index in [1.807, 2.05) is 0 Å². The maximum Gasteiger partial charge on any atom is 0.407 e. The van der Waals surface area contributed by atoms with Crippen LogP contribution in [0.3, 0.4) is 0 Å². The monoisotopic (exact) mass is 327 g/mol. The van der Waals surface area contributed by atoms with E-state index in [0.717, 1.165) is 12.8 Å². The molecule has 1 atom stereocenters. The number of alkyl carbamates (subject to hydrolysis) is 1. The molecule has 6 heteroatoms. The number of hydrogen-bond donors (Lipinski definition) is 2. The lowest BCUT2D eigenvalue weighted by atomic mass is 9.83. The standard InChI is InChI=1S/C17H29NO5/c1-16(2,3)23-15(21)18-10-17(14(19)20,8-12-4-5-12)11-22-9-13-6-7-13/h12-13H,4-11H2,1-3H3,(H,18,21)(H,19,20). The Bertz CT molecular complexity index is 437. The van der Waals surface area contributed by atoms with E-state index in [1.54, 1.807) is 20.8 Å². The Morgan fingerprint density at radius 3 is 2.22 bits per heavy atom. The molecule has 132 valence electrons. The molecule has 0 heterocycles. The van der Waals surface area contributed by atoms with Crippen molar-refractivity contribution in [1.29, 1.82) is 0 Å². The van der Waals surface area contributed by atoms with Crippen LogP contribution in [0.1, 0.15) is 52.9 Å². The first-order chi connectivity index (χ1) is 10.7. The number of hydrogen-bond acceptors (Lipinski definition) is 4. The number of nitrogens with one attached hydrogen (secondary N) is 1. The Labute approximate surface area is 137 Å². The van der Waals surface area contributed by atoms with E-state index in [-0.39, 0.29) is 13.2 Å². The average molecular weight is 327 g/mol. The van der Waals surface area contributed by atoms with Gasteiger partial charge in [0.25, 0.3) is 0 Å². The zero-order valence-electron chi connectivity index (χ0n) is 14.4. The predicted octanol–water partition coefficient (Wildman–Crippen LogP) is 2.81. The SMILES string of the molecule is CC(C)(C)OC(=O)NCC(COCC1CC1)(CC1CC1)C(=O)O. The Kier molecular flexibility index (Phi) is 5.55. The van der Waals surface area contributed by atoms with Crippen LogP contribution in [0.5, 0.6) is 0 Å². The smallest absolute Gasteiger partial charge is 0.407 e. The van der Waals surface area contributed by atoms with Crippen LogP contribution in [0.25, 0.3) is 0 Å². The number of carboxylic acid groups (broad SMARTS) is 1. The van der Waals surface area contributed by atoms with E-state index >= 15 is 0 Å². The lowest BCUT2D eigenvalue weighted by molar-refractivity contribution is -0.153. The highest BCUT2D eigenvalue weighted by Gasteiger charge is 2.44. The molecule has 2 rings (SSSR count). The van der Waals surface area contributed by atoms with Crippen LogP contribution in [0.2, 0.25) is 0 Å². The largest absolute Gasteiger partial charge is 0.481 e. The van der Waals surface area contributed by atoms with E-state index in [1.165, 1.54) is 12.8 Å². The first-order valence-electron chi connectivity index (χ1n) is 8.48. The van der Waals surface area contributed by atoms with Gasteiger partial charge in [0.05, 0.1) is 6.61 Å². The van der Waals surface area contributed by atoms with Gasteiger partial charge in [0.2, 0.25) is 0 Å². The molecule has 2 saturated carbocycles. The van der Waals surface area contributed by atoms with E-state index in [4.69, 9.17) is 9.47 Å². The Morgan fingerprint density at radius 2 is 1.74 bits per heavy atom. The molecule has 0 bridgehead atoms. The van der Waals surface area contributed by atoms with Crippen molar-refractivity contribution in [2.75, 3.05) is 19.8 Å².